The molecule has 0 N–H and O–H groups in total. The molecule has 1 rings (SSSR count). The van der Waals surface area contributed by atoms with Crippen LogP contribution in [0.15, 0.2) is 47.7 Å². The smallest absolute Gasteiger partial charge is 0.00630 e. The number of allylic oxidation sites excluding steroid dienone is 1. The van der Waals surface area contributed by atoms with Crippen LogP contribution in [0.5, 0.6) is 0 Å². The third kappa shape index (κ3) is 3.77. The van der Waals surface area contributed by atoms with Crippen LogP contribution in [0.25, 0.3) is 0 Å². The van der Waals surface area contributed by atoms with Gasteiger partial charge < -0.3 is 0 Å². The molecule has 0 saturated carbocycles. The van der Waals surface area contributed by atoms with Crippen molar-refractivity contribution >= 4 is 0 Å². The first-order valence-corrected chi connectivity index (χ1v) is 5.46. The summed E-state index contributed by atoms with van der Waals surface area (Å²) in [6.45, 7) is 8.69. The fourth-order valence-corrected chi connectivity index (χ4v) is 1.52. The molecule has 0 saturated heterocycles. The minimum Gasteiger partial charge on any atom is -0.127 e. The van der Waals surface area contributed by atoms with Crippen molar-refractivity contribution in [2.75, 3.05) is 0 Å². The zero-order chi connectivity index (χ0) is 11.3. The van der Waals surface area contributed by atoms with Crippen molar-refractivity contribution < 1.29 is 0 Å². The summed E-state index contributed by atoms with van der Waals surface area (Å²) in [5.74, 6) is 0. The van der Waals surface area contributed by atoms with Gasteiger partial charge in [-0.2, -0.15) is 0 Å². The second-order valence-corrected chi connectivity index (χ2v) is 4.80. The van der Waals surface area contributed by atoms with E-state index in [9.17, 15) is 0 Å². The standard InChI is InChI=1S/C15H20/c1-13(2)9-8-12-15(3,4)14-10-6-5-7-11-14/h5-8,10-11H,12H2,1-4H3. The van der Waals surface area contributed by atoms with E-state index in [1.165, 1.54) is 11.1 Å². The van der Waals surface area contributed by atoms with Gasteiger partial charge in [-0.1, -0.05) is 44.2 Å². The molecule has 0 heterocycles. The summed E-state index contributed by atoms with van der Waals surface area (Å²) in [7, 11) is 0. The lowest BCUT2D eigenvalue weighted by Crippen LogP contribution is -2.15. The summed E-state index contributed by atoms with van der Waals surface area (Å²) < 4.78 is 0. The fourth-order valence-electron chi connectivity index (χ4n) is 1.52. The zero-order valence-corrected chi connectivity index (χ0v) is 10.2. The molecule has 0 atom stereocenters. The van der Waals surface area contributed by atoms with E-state index in [0.29, 0.717) is 0 Å². The maximum atomic E-state index is 3.26. The van der Waals surface area contributed by atoms with E-state index in [-0.39, 0.29) is 5.41 Å². The van der Waals surface area contributed by atoms with E-state index in [2.05, 4.69) is 69.8 Å². The van der Waals surface area contributed by atoms with Crippen LogP contribution < -0.4 is 0 Å². The van der Waals surface area contributed by atoms with E-state index >= 15 is 0 Å². The predicted molar refractivity (Wildman–Crippen MR) is 67.0 cm³/mol. The highest BCUT2D eigenvalue weighted by atomic mass is 14.2. The van der Waals surface area contributed by atoms with Crippen molar-refractivity contribution in [3.63, 3.8) is 0 Å². The summed E-state index contributed by atoms with van der Waals surface area (Å²) in [6, 6.07) is 10.6. The highest BCUT2D eigenvalue weighted by molar-refractivity contribution is 5.24. The van der Waals surface area contributed by atoms with E-state index in [1.54, 1.807) is 0 Å². The first-order valence-electron chi connectivity index (χ1n) is 5.46. The van der Waals surface area contributed by atoms with Crippen molar-refractivity contribution in [2.24, 2.45) is 0 Å². The van der Waals surface area contributed by atoms with Crippen molar-refractivity contribution in [1.29, 1.82) is 0 Å². The van der Waals surface area contributed by atoms with Crippen LogP contribution in [-0.4, -0.2) is 0 Å². The van der Waals surface area contributed by atoms with Gasteiger partial charge in [0.15, 0.2) is 0 Å². The lowest BCUT2D eigenvalue weighted by molar-refractivity contribution is 0.534. The Kier molecular flexibility index (Phi) is 3.94. The molecule has 1 aromatic rings. The Bertz CT molecular complexity index is 358. The summed E-state index contributed by atoms with van der Waals surface area (Å²) in [6.07, 6.45) is 3.17. The molecular weight excluding hydrogens is 180 g/mol. The number of benzene rings is 1. The lowest BCUT2D eigenvalue weighted by Gasteiger charge is -2.23. The van der Waals surface area contributed by atoms with Crippen LogP contribution in [0.1, 0.15) is 39.7 Å². The SMILES string of the molecule is CC(C)=C=CCC(C)(C)c1ccccc1. The van der Waals surface area contributed by atoms with Crippen LogP contribution in [0.3, 0.4) is 0 Å². The summed E-state index contributed by atoms with van der Waals surface area (Å²) in [4.78, 5) is 0. The number of rotatable bonds is 3. The van der Waals surface area contributed by atoms with Gasteiger partial charge in [0.2, 0.25) is 0 Å². The molecule has 0 fully saturated rings. The Morgan fingerprint density at radius 1 is 1.20 bits per heavy atom. The lowest BCUT2D eigenvalue weighted by atomic mass is 9.82. The van der Waals surface area contributed by atoms with Crippen molar-refractivity contribution in [3.8, 4) is 0 Å². The minimum absolute atomic E-state index is 0.198. The van der Waals surface area contributed by atoms with Crippen LogP contribution in [-0.2, 0) is 5.41 Å². The first-order chi connectivity index (χ1) is 7.02. The second kappa shape index (κ2) is 5.00. The van der Waals surface area contributed by atoms with Crippen molar-refractivity contribution in [1.82, 2.24) is 0 Å². The van der Waals surface area contributed by atoms with Crippen LogP contribution in [0.4, 0.5) is 0 Å². The molecule has 0 heteroatoms. The first kappa shape index (κ1) is 11.8. The molecule has 15 heavy (non-hydrogen) atoms. The quantitative estimate of drug-likeness (QED) is 0.631. The number of hydrogen-bond donors (Lipinski definition) is 0. The Hall–Kier alpha value is -1.26. The van der Waals surface area contributed by atoms with Gasteiger partial charge in [-0.05, 0) is 42.9 Å². The van der Waals surface area contributed by atoms with Gasteiger partial charge in [-0.25, -0.2) is 0 Å². The highest BCUT2D eigenvalue weighted by Gasteiger charge is 2.17. The van der Waals surface area contributed by atoms with E-state index in [1.807, 2.05) is 0 Å². The van der Waals surface area contributed by atoms with Gasteiger partial charge >= 0.3 is 0 Å². The van der Waals surface area contributed by atoms with Gasteiger partial charge in [-0.3, -0.25) is 0 Å². The Labute approximate surface area is 93.3 Å². The predicted octanol–water partition coefficient (Wildman–Crippen LogP) is 4.48. The summed E-state index contributed by atoms with van der Waals surface area (Å²) in [5.41, 5.74) is 6.08. The largest absolute Gasteiger partial charge is 0.127 e. The number of hydrogen-bond acceptors (Lipinski definition) is 0. The third-order valence-electron chi connectivity index (χ3n) is 2.56. The molecule has 0 nitrogen and oxygen atoms in total. The van der Waals surface area contributed by atoms with Gasteiger partial charge in [0.05, 0.1) is 0 Å². The van der Waals surface area contributed by atoms with Gasteiger partial charge in [0.1, 0.15) is 0 Å². The van der Waals surface area contributed by atoms with Crippen LogP contribution in [0, 0.1) is 0 Å². The van der Waals surface area contributed by atoms with Crippen molar-refractivity contribution in [2.45, 2.75) is 39.5 Å². The average Bonchev–Trinajstić information content (AvgIpc) is 2.18. The zero-order valence-electron chi connectivity index (χ0n) is 10.2. The molecule has 0 unspecified atom stereocenters. The normalized spacial score (nSPS) is 10.7. The third-order valence-corrected chi connectivity index (χ3v) is 2.56. The molecular formula is C15H20. The van der Waals surface area contributed by atoms with Gasteiger partial charge in [0.25, 0.3) is 0 Å². The summed E-state index contributed by atoms with van der Waals surface area (Å²) in [5, 5.41) is 0. The van der Waals surface area contributed by atoms with E-state index in [0.717, 1.165) is 6.42 Å². The Balaban J connectivity index is 2.81. The maximum absolute atomic E-state index is 3.26. The second-order valence-electron chi connectivity index (χ2n) is 4.80. The maximum Gasteiger partial charge on any atom is -0.00630 e. The average molecular weight is 200 g/mol. The highest BCUT2D eigenvalue weighted by Crippen LogP contribution is 2.26. The molecule has 1 aromatic carbocycles. The molecule has 0 aliphatic carbocycles. The van der Waals surface area contributed by atoms with Crippen molar-refractivity contribution in [3.05, 3.63) is 53.3 Å². The van der Waals surface area contributed by atoms with Crippen LogP contribution in [0.2, 0.25) is 0 Å². The summed E-state index contributed by atoms with van der Waals surface area (Å²) >= 11 is 0. The monoisotopic (exact) mass is 200 g/mol. The Morgan fingerprint density at radius 3 is 2.33 bits per heavy atom. The molecule has 0 aliphatic rings. The molecule has 80 valence electrons. The van der Waals surface area contributed by atoms with Gasteiger partial charge in [0, 0.05) is 0 Å². The fraction of sp³-hybridized carbons (Fsp3) is 0.400. The molecule has 0 aromatic heterocycles. The minimum atomic E-state index is 0.198. The molecule has 0 amide bonds. The topological polar surface area (TPSA) is 0 Å². The van der Waals surface area contributed by atoms with E-state index < -0.39 is 0 Å². The molecule has 0 bridgehead atoms. The molecule has 0 aliphatic heterocycles. The van der Waals surface area contributed by atoms with Gasteiger partial charge in [-0.15, -0.1) is 5.73 Å². The van der Waals surface area contributed by atoms with E-state index in [4.69, 9.17) is 0 Å². The van der Waals surface area contributed by atoms with Crippen LogP contribution >= 0.6 is 0 Å². The molecule has 0 spiro atoms. The molecule has 0 radical (unpaired) electrons. The Morgan fingerprint density at radius 2 is 1.80 bits per heavy atom.